The van der Waals surface area contributed by atoms with Crippen LogP contribution in [0.15, 0.2) is 273 Å². The van der Waals surface area contributed by atoms with Crippen LogP contribution in [0.2, 0.25) is 0 Å². The fourth-order valence-corrected chi connectivity index (χ4v) is 25.2. The monoisotopic (exact) mass is 1010 g/mol. The summed E-state index contributed by atoms with van der Waals surface area (Å²) in [6.45, 7) is 0. The van der Waals surface area contributed by atoms with E-state index in [1.165, 1.54) is 10.5 Å². The average molecular weight is 1010 g/mol. The quantitative estimate of drug-likeness (QED) is 0.0940. The summed E-state index contributed by atoms with van der Waals surface area (Å²) < 4.78 is 4.55. The minimum absolute atomic E-state index is 0. The van der Waals surface area contributed by atoms with Gasteiger partial charge in [0.2, 0.25) is 14.5 Å². The number of rotatable bonds is 11. The summed E-state index contributed by atoms with van der Waals surface area (Å²) in [5, 5.41) is 6.74. The second-order valence-electron chi connectivity index (χ2n) is 14.0. The van der Waals surface area contributed by atoms with E-state index in [2.05, 4.69) is 237 Å². The summed E-state index contributed by atoms with van der Waals surface area (Å²) in [5.41, 5.74) is 0. The molecule has 0 heterocycles. The molecule has 0 aliphatic heterocycles. The van der Waals surface area contributed by atoms with Crippen LogP contribution in [0.4, 0.5) is 4.79 Å². The van der Waals surface area contributed by atoms with Crippen LogP contribution in [0.5, 0.6) is 0 Å². The molecule has 0 atom stereocenters. The number of hydrogen-bond acceptors (Lipinski definition) is 1. The van der Waals surface area contributed by atoms with Gasteiger partial charge in [0.1, 0.15) is 31.8 Å². The second-order valence-corrected chi connectivity index (χ2v) is 27.3. The van der Waals surface area contributed by atoms with Gasteiger partial charge in [0, 0.05) is 0 Å². The zero-order chi connectivity index (χ0) is 40.2. The fraction of sp³-hybridized carbons (Fsp3) is 0. The molecule has 0 bridgehead atoms. The van der Waals surface area contributed by atoms with E-state index in [1.807, 2.05) is 36.4 Å². The van der Waals surface area contributed by atoms with Crippen LogP contribution >= 0.6 is 14.5 Å². The third-order valence-corrected chi connectivity index (χ3v) is 26.8. The Bertz CT molecular complexity index is 2230. The van der Waals surface area contributed by atoms with Crippen LogP contribution in [0.3, 0.4) is 0 Å². The SMILES string of the molecule is O=C([P+](c1ccccc1)(c1ccccc1)c1ccccc1)[P+](c1ccccc1)(c1ccccc1)c1ccccc1.[RhH3].c1cc[c]([Sb]([c]2ccccc2)[c]2ccccc2)cc1. The van der Waals surface area contributed by atoms with E-state index in [1.54, 1.807) is 0 Å². The number of benzene rings is 9. The van der Waals surface area contributed by atoms with Gasteiger partial charge in [-0.15, -0.1) is 0 Å². The molecule has 0 unspecified atom stereocenters. The topological polar surface area (TPSA) is 17.1 Å². The maximum absolute atomic E-state index is 16.4. The number of hydrogen-bond donors (Lipinski definition) is 0. The minimum atomic E-state index is -2.85. The molecule has 0 aliphatic rings. The Morgan fingerprint density at radius 3 is 0.567 bits per heavy atom. The molecular weight excluding hydrogens is 963 g/mol. The molecule has 9 aromatic rings. The van der Waals surface area contributed by atoms with Crippen molar-refractivity contribution in [1.29, 1.82) is 0 Å². The predicted octanol–water partition coefficient (Wildman–Crippen LogP) is 8.49. The van der Waals surface area contributed by atoms with Gasteiger partial charge in [-0.3, -0.25) is 0 Å². The first-order chi connectivity index (χ1) is 29.2. The van der Waals surface area contributed by atoms with Gasteiger partial charge >= 0.3 is 146 Å². The third kappa shape index (κ3) is 8.87. The van der Waals surface area contributed by atoms with Crippen molar-refractivity contribution in [2.45, 2.75) is 0 Å². The van der Waals surface area contributed by atoms with Gasteiger partial charge in [0.05, 0.1) is 0 Å². The average Bonchev–Trinajstić information content (AvgIpc) is 3.33. The van der Waals surface area contributed by atoms with Crippen molar-refractivity contribution in [3.63, 3.8) is 0 Å². The molecule has 0 N–H and O–H groups in total. The Hall–Kier alpha value is -5.05. The molecule has 5 heteroatoms. The van der Waals surface area contributed by atoms with E-state index in [0.29, 0.717) is 5.27 Å². The van der Waals surface area contributed by atoms with Crippen LogP contribution < -0.4 is 42.4 Å². The van der Waals surface area contributed by atoms with Crippen molar-refractivity contribution >= 4 is 82.4 Å². The molecule has 296 valence electrons. The van der Waals surface area contributed by atoms with E-state index in [-0.39, 0.29) is 19.5 Å². The van der Waals surface area contributed by atoms with E-state index in [0.717, 1.165) is 31.8 Å². The molecule has 0 fully saturated rings. The van der Waals surface area contributed by atoms with Gasteiger partial charge in [0.25, 0.3) is 0 Å². The van der Waals surface area contributed by atoms with Gasteiger partial charge in [-0.05, 0) is 72.8 Å². The van der Waals surface area contributed by atoms with Crippen molar-refractivity contribution in [3.05, 3.63) is 273 Å². The fourth-order valence-electron chi connectivity index (χ4n) is 7.87. The van der Waals surface area contributed by atoms with Crippen LogP contribution in [-0.2, 0) is 19.5 Å². The molecule has 60 heavy (non-hydrogen) atoms. The Labute approximate surface area is 376 Å². The predicted molar refractivity (Wildman–Crippen MR) is 264 cm³/mol. The van der Waals surface area contributed by atoms with Crippen LogP contribution in [-0.4, -0.2) is 25.5 Å². The molecule has 0 aliphatic carbocycles. The van der Waals surface area contributed by atoms with E-state index < -0.39 is 34.7 Å². The first-order valence-electron chi connectivity index (χ1n) is 19.9. The van der Waals surface area contributed by atoms with Gasteiger partial charge in [-0.2, -0.15) is 0 Å². The van der Waals surface area contributed by atoms with E-state index >= 15 is 4.79 Å². The second kappa shape index (κ2) is 21.0. The first kappa shape index (κ1) is 43.1. The molecule has 0 saturated carbocycles. The molecule has 9 aromatic carbocycles. The molecule has 9 rings (SSSR count). The van der Waals surface area contributed by atoms with Gasteiger partial charge in [-0.1, -0.05) is 109 Å². The summed E-state index contributed by atoms with van der Waals surface area (Å²) in [6, 6.07) is 95.7. The van der Waals surface area contributed by atoms with Crippen LogP contribution in [0, 0.1) is 0 Å². The summed E-state index contributed by atoms with van der Waals surface area (Å²) in [7, 11) is -5.70. The Morgan fingerprint density at radius 1 is 0.250 bits per heavy atom. The zero-order valence-corrected chi connectivity index (χ0v) is 39.5. The third-order valence-electron chi connectivity index (χ3n) is 10.5. The standard InChI is InChI=1S/C37H30OP2.3C6H5.Rh.Sb.3H/c38-37(39(31-19-7-1-8-20-31,32-21-9-2-10-22-32)33-23-11-3-12-24-33)40(34-25-13-4-14-26-34,35-27-15-5-16-28-35)36-29-17-6-18-30-36;3*1-2-4-6-5-3-1;;;;;/h1-30H;3*1-5H;;;;;/q+2;;;;;;;;. The summed E-state index contributed by atoms with van der Waals surface area (Å²) in [6.07, 6.45) is 0. The van der Waals surface area contributed by atoms with E-state index in [4.69, 9.17) is 0 Å². The Balaban J connectivity index is 0.000000228. The Kier molecular flexibility index (Phi) is 15.0. The molecular formula is C55H48OP2RhSb+2. The molecule has 1 nitrogen and oxygen atoms in total. The number of carbonyl (C=O) groups excluding carboxylic acids is 1. The number of carbonyl (C=O) groups is 1. The van der Waals surface area contributed by atoms with Gasteiger partial charge in [-0.25, -0.2) is 4.79 Å². The normalized spacial score (nSPS) is 11.1. The molecule has 0 aromatic heterocycles. The molecule has 1 radical (unpaired) electrons. The summed E-state index contributed by atoms with van der Waals surface area (Å²) in [5.74, 6) is 0. The van der Waals surface area contributed by atoms with Crippen LogP contribution in [0.1, 0.15) is 0 Å². The van der Waals surface area contributed by atoms with Gasteiger partial charge in [0.15, 0.2) is 0 Å². The van der Waals surface area contributed by atoms with Crippen molar-refractivity contribution in [2.24, 2.45) is 0 Å². The molecule has 0 saturated heterocycles. The van der Waals surface area contributed by atoms with Crippen LogP contribution in [0.25, 0.3) is 0 Å². The molecule has 0 amide bonds. The van der Waals surface area contributed by atoms with Crippen molar-refractivity contribution in [3.8, 4) is 0 Å². The zero-order valence-electron chi connectivity index (χ0n) is 33.1. The van der Waals surface area contributed by atoms with Gasteiger partial charge < -0.3 is 0 Å². The maximum atomic E-state index is 16.4. The first-order valence-corrected chi connectivity index (χ1v) is 27.3. The molecule has 0 spiro atoms. The van der Waals surface area contributed by atoms with E-state index in [9.17, 15) is 0 Å². The van der Waals surface area contributed by atoms with Crippen molar-refractivity contribution < 1.29 is 24.3 Å². The summed E-state index contributed by atoms with van der Waals surface area (Å²) >= 11 is -1.83. The summed E-state index contributed by atoms with van der Waals surface area (Å²) in [4.78, 5) is 16.4. The van der Waals surface area contributed by atoms with Crippen molar-refractivity contribution in [2.75, 3.05) is 0 Å². The van der Waals surface area contributed by atoms with Crippen molar-refractivity contribution in [1.82, 2.24) is 0 Å². The Morgan fingerprint density at radius 2 is 0.400 bits per heavy atom.